The quantitative estimate of drug-likeness (QED) is 0.426. The fourth-order valence-electron chi connectivity index (χ4n) is 3.45. The Bertz CT molecular complexity index is 1220. The van der Waals surface area contributed by atoms with E-state index >= 15 is 0 Å². The number of barbiturate groups is 1. The van der Waals surface area contributed by atoms with Gasteiger partial charge in [0, 0.05) is 4.47 Å². The van der Waals surface area contributed by atoms with Crippen LogP contribution >= 0.6 is 15.9 Å². The van der Waals surface area contributed by atoms with E-state index in [4.69, 9.17) is 0 Å². The Morgan fingerprint density at radius 2 is 1.58 bits per heavy atom. The largest absolute Gasteiger partial charge is 0.335 e. The molecule has 154 valence electrons. The number of amides is 4. The molecule has 0 spiro atoms. The van der Waals surface area contributed by atoms with Crippen LogP contribution < -0.4 is 10.2 Å². The first kappa shape index (κ1) is 20.8. The summed E-state index contributed by atoms with van der Waals surface area (Å²) in [6, 6.07) is 22.0. The molecule has 1 aliphatic heterocycles. The van der Waals surface area contributed by atoms with Crippen molar-refractivity contribution in [2.24, 2.45) is 0 Å². The van der Waals surface area contributed by atoms with E-state index in [0.717, 1.165) is 26.9 Å². The van der Waals surface area contributed by atoms with E-state index in [2.05, 4.69) is 27.3 Å². The van der Waals surface area contributed by atoms with Crippen LogP contribution in [0.1, 0.15) is 22.3 Å². The number of hydrogen-bond acceptors (Lipinski definition) is 3. The van der Waals surface area contributed by atoms with E-state index < -0.39 is 17.8 Å². The molecule has 1 aliphatic rings. The van der Waals surface area contributed by atoms with Crippen molar-refractivity contribution in [2.75, 3.05) is 4.90 Å². The zero-order chi connectivity index (χ0) is 22.0. The highest BCUT2D eigenvalue weighted by Gasteiger charge is 2.37. The number of benzene rings is 3. The number of para-hydroxylation sites is 1. The first-order chi connectivity index (χ1) is 14.9. The van der Waals surface area contributed by atoms with Crippen molar-refractivity contribution in [1.82, 2.24) is 5.32 Å². The summed E-state index contributed by atoms with van der Waals surface area (Å²) < 4.78 is 1.05. The molecule has 4 amide bonds. The summed E-state index contributed by atoms with van der Waals surface area (Å²) in [5.74, 6) is -1.34. The normalized spacial score (nSPS) is 15.4. The SMILES string of the molecule is Cc1ccccc1N1C(=O)NC(=O)/C(=C\c2ccc(Cc3ccccc3Br)cc2)C1=O. The molecule has 1 heterocycles. The Balaban J connectivity index is 1.60. The van der Waals surface area contributed by atoms with Gasteiger partial charge in [-0.2, -0.15) is 0 Å². The monoisotopic (exact) mass is 474 g/mol. The van der Waals surface area contributed by atoms with Gasteiger partial charge in [0.05, 0.1) is 5.69 Å². The summed E-state index contributed by atoms with van der Waals surface area (Å²) in [6.45, 7) is 1.81. The highest BCUT2D eigenvalue weighted by atomic mass is 79.9. The third kappa shape index (κ3) is 4.34. The zero-order valence-corrected chi connectivity index (χ0v) is 18.3. The minimum Gasteiger partial charge on any atom is -0.273 e. The Hall–Kier alpha value is -3.51. The summed E-state index contributed by atoms with van der Waals surface area (Å²) in [6.07, 6.45) is 2.27. The van der Waals surface area contributed by atoms with Crippen LogP contribution in [0, 0.1) is 6.92 Å². The second kappa shape index (κ2) is 8.70. The van der Waals surface area contributed by atoms with Gasteiger partial charge in [-0.3, -0.25) is 14.9 Å². The minimum atomic E-state index is -0.745. The number of aryl methyl sites for hydroxylation is 1. The number of halogens is 1. The van der Waals surface area contributed by atoms with E-state index in [1.165, 1.54) is 11.6 Å². The van der Waals surface area contributed by atoms with Gasteiger partial charge < -0.3 is 0 Å². The molecule has 6 heteroatoms. The minimum absolute atomic E-state index is 0.0820. The highest BCUT2D eigenvalue weighted by molar-refractivity contribution is 9.10. The van der Waals surface area contributed by atoms with Crippen molar-refractivity contribution in [3.63, 3.8) is 0 Å². The summed E-state index contributed by atoms with van der Waals surface area (Å²) in [5.41, 5.74) is 4.10. The zero-order valence-electron chi connectivity index (χ0n) is 16.8. The molecular weight excluding hydrogens is 456 g/mol. The molecule has 4 rings (SSSR count). The number of carbonyl (C=O) groups is 3. The van der Waals surface area contributed by atoms with Crippen molar-refractivity contribution in [1.29, 1.82) is 0 Å². The van der Waals surface area contributed by atoms with Gasteiger partial charge in [0.25, 0.3) is 11.8 Å². The van der Waals surface area contributed by atoms with Gasteiger partial charge >= 0.3 is 6.03 Å². The lowest BCUT2D eigenvalue weighted by molar-refractivity contribution is -0.122. The highest BCUT2D eigenvalue weighted by Crippen LogP contribution is 2.25. The topological polar surface area (TPSA) is 66.5 Å². The van der Waals surface area contributed by atoms with E-state index in [0.29, 0.717) is 11.3 Å². The van der Waals surface area contributed by atoms with E-state index in [-0.39, 0.29) is 5.57 Å². The molecule has 0 unspecified atom stereocenters. The molecule has 1 N–H and O–H groups in total. The van der Waals surface area contributed by atoms with E-state index in [1.807, 2.05) is 48.5 Å². The molecule has 0 aromatic heterocycles. The second-order valence-electron chi connectivity index (χ2n) is 7.25. The van der Waals surface area contributed by atoms with Crippen LogP contribution in [-0.2, 0) is 16.0 Å². The number of nitrogens with one attached hydrogen (secondary N) is 1. The maximum Gasteiger partial charge on any atom is 0.335 e. The van der Waals surface area contributed by atoms with Crippen molar-refractivity contribution in [3.05, 3.63) is 105 Å². The lowest BCUT2D eigenvalue weighted by Crippen LogP contribution is -2.54. The third-order valence-corrected chi connectivity index (χ3v) is 5.87. The maximum atomic E-state index is 13.0. The van der Waals surface area contributed by atoms with Crippen LogP contribution in [0.5, 0.6) is 0 Å². The molecule has 0 radical (unpaired) electrons. The number of carbonyl (C=O) groups excluding carboxylic acids is 3. The van der Waals surface area contributed by atoms with Gasteiger partial charge in [-0.15, -0.1) is 0 Å². The standard InChI is InChI=1S/C25H19BrN2O3/c1-16-6-2-5-9-22(16)28-24(30)20(23(29)27-25(28)31)15-18-12-10-17(11-13-18)14-19-7-3-4-8-21(19)26/h2-13,15H,14H2,1H3,(H,27,29,31)/b20-15+. The van der Waals surface area contributed by atoms with Gasteiger partial charge in [-0.25, -0.2) is 9.69 Å². The van der Waals surface area contributed by atoms with Crippen LogP contribution in [-0.4, -0.2) is 17.8 Å². The molecular formula is C25H19BrN2O3. The summed E-state index contributed by atoms with van der Waals surface area (Å²) in [4.78, 5) is 38.8. The predicted octanol–water partition coefficient (Wildman–Crippen LogP) is 5.01. The first-order valence-electron chi connectivity index (χ1n) is 9.73. The number of anilines is 1. The Kier molecular flexibility index (Phi) is 5.82. The predicted molar refractivity (Wildman–Crippen MR) is 124 cm³/mol. The van der Waals surface area contributed by atoms with Gasteiger partial charge in [0.2, 0.25) is 0 Å². The number of rotatable bonds is 4. The number of hydrogen-bond donors (Lipinski definition) is 1. The second-order valence-corrected chi connectivity index (χ2v) is 8.11. The fourth-order valence-corrected chi connectivity index (χ4v) is 3.88. The molecule has 0 saturated carbocycles. The molecule has 31 heavy (non-hydrogen) atoms. The van der Waals surface area contributed by atoms with Gasteiger partial charge in [0.15, 0.2) is 0 Å². The van der Waals surface area contributed by atoms with Crippen LogP contribution in [0.25, 0.3) is 6.08 Å². The van der Waals surface area contributed by atoms with Crippen LogP contribution in [0.4, 0.5) is 10.5 Å². The smallest absolute Gasteiger partial charge is 0.273 e. The Morgan fingerprint density at radius 1 is 0.903 bits per heavy atom. The Morgan fingerprint density at radius 3 is 2.29 bits per heavy atom. The van der Waals surface area contributed by atoms with Crippen molar-refractivity contribution in [3.8, 4) is 0 Å². The van der Waals surface area contributed by atoms with Gasteiger partial charge in [-0.1, -0.05) is 76.6 Å². The fraction of sp³-hybridized carbons (Fsp3) is 0.0800. The molecule has 1 fully saturated rings. The average molecular weight is 475 g/mol. The molecule has 3 aromatic rings. The van der Waals surface area contributed by atoms with Gasteiger partial charge in [0.1, 0.15) is 5.57 Å². The number of urea groups is 1. The maximum absolute atomic E-state index is 13.0. The summed E-state index contributed by atoms with van der Waals surface area (Å²) in [5, 5.41) is 2.26. The molecule has 0 bridgehead atoms. The van der Waals surface area contributed by atoms with Crippen LogP contribution in [0.3, 0.4) is 0 Å². The molecule has 0 aliphatic carbocycles. The summed E-state index contributed by atoms with van der Waals surface area (Å²) >= 11 is 3.56. The first-order valence-corrected chi connectivity index (χ1v) is 10.5. The lowest BCUT2D eigenvalue weighted by Gasteiger charge is -2.27. The molecule has 1 saturated heterocycles. The Labute approximate surface area is 188 Å². The van der Waals surface area contributed by atoms with E-state index in [9.17, 15) is 14.4 Å². The molecule has 3 aromatic carbocycles. The molecule has 0 atom stereocenters. The van der Waals surface area contributed by atoms with Crippen LogP contribution in [0.2, 0.25) is 0 Å². The number of nitrogens with zero attached hydrogens (tertiary/aromatic N) is 1. The van der Waals surface area contributed by atoms with Gasteiger partial charge in [-0.05, 0) is 53.8 Å². The van der Waals surface area contributed by atoms with Crippen molar-refractivity contribution >= 4 is 45.5 Å². The molecule has 5 nitrogen and oxygen atoms in total. The van der Waals surface area contributed by atoms with Crippen LogP contribution in [0.15, 0.2) is 82.8 Å². The lowest BCUT2D eigenvalue weighted by atomic mass is 10.0. The van der Waals surface area contributed by atoms with Crippen molar-refractivity contribution < 1.29 is 14.4 Å². The average Bonchev–Trinajstić information content (AvgIpc) is 2.75. The van der Waals surface area contributed by atoms with E-state index in [1.54, 1.807) is 25.1 Å². The number of imide groups is 2. The summed E-state index contributed by atoms with van der Waals surface area (Å²) in [7, 11) is 0. The van der Waals surface area contributed by atoms with Crippen molar-refractivity contribution in [2.45, 2.75) is 13.3 Å². The third-order valence-electron chi connectivity index (χ3n) is 5.10.